The first-order valence-electron chi connectivity index (χ1n) is 3.38. The topological polar surface area (TPSA) is 46.5 Å². The van der Waals surface area contributed by atoms with E-state index in [0.717, 1.165) is 6.07 Å². The van der Waals surface area contributed by atoms with Crippen molar-refractivity contribution in [1.29, 1.82) is 0 Å². The predicted octanol–water partition coefficient (Wildman–Crippen LogP) is 1.53. The lowest BCUT2D eigenvalue weighted by Gasteiger charge is -2.03. The van der Waals surface area contributed by atoms with Gasteiger partial charge < -0.3 is 9.84 Å². The van der Waals surface area contributed by atoms with Crippen LogP contribution in [0.2, 0.25) is 0 Å². The van der Waals surface area contributed by atoms with E-state index in [2.05, 4.69) is 4.74 Å². The summed E-state index contributed by atoms with van der Waals surface area (Å²) in [6, 6.07) is 3.48. The Morgan fingerprint density at radius 2 is 2.31 bits per heavy atom. The molecule has 0 atom stereocenters. The maximum absolute atomic E-state index is 13.0. The van der Waals surface area contributed by atoms with Crippen molar-refractivity contribution < 1.29 is 19.0 Å². The zero-order chi connectivity index (χ0) is 9.84. The van der Waals surface area contributed by atoms with Gasteiger partial charge in [-0.1, -0.05) is 0 Å². The van der Waals surface area contributed by atoms with Crippen LogP contribution in [0.1, 0.15) is 10.4 Å². The maximum Gasteiger partial charge on any atom is 0.252 e. The summed E-state index contributed by atoms with van der Waals surface area (Å²) in [6.45, 7) is -0.620. The van der Waals surface area contributed by atoms with Crippen molar-refractivity contribution in [2.45, 2.75) is 0 Å². The van der Waals surface area contributed by atoms with Gasteiger partial charge in [-0.25, -0.2) is 4.39 Å². The van der Waals surface area contributed by atoms with E-state index >= 15 is 0 Å². The minimum atomic E-state index is -0.741. The molecular weight excluding hydrogens is 199 g/mol. The van der Waals surface area contributed by atoms with Gasteiger partial charge in [-0.2, -0.15) is 0 Å². The van der Waals surface area contributed by atoms with Crippen LogP contribution >= 0.6 is 11.6 Å². The molecule has 0 bridgehead atoms. The molecule has 1 aromatic rings. The van der Waals surface area contributed by atoms with E-state index in [9.17, 15) is 9.18 Å². The highest BCUT2D eigenvalue weighted by Gasteiger charge is 2.07. The second-order valence-electron chi connectivity index (χ2n) is 2.19. The van der Waals surface area contributed by atoms with Crippen molar-refractivity contribution in [3.8, 4) is 5.75 Å². The Hall–Kier alpha value is -1.13. The van der Waals surface area contributed by atoms with Gasteiger partial charge in [-0.3, -0.25) is 4.79 Å². The average Bonchev–Trinajstić information content (AvgIpc) is 2.08. The fourth-order valence-electron chi connectivity index (χ4n) is 0.810. The van der Waals surface area contributed by atoms with E-state index in [-0.39, 0.29) is 11.3 Å². The summed E-state index contributed by atoms with van der Waals surface area (Å²) < 4.78 is 17.4. The normalized spacial score (nSPS) is 9.77. The smallest absolute Gasteiger partial charge is 0.252 e. The molecular formula is C8H6ClFO3. The van der Waals surface area contributed by atoms with Crippen molar-refractivity contribution in [2.75, 3.05) is 6.79 Å². The molecule has 5 heteroatoms. The third-order valence-corrected chi connectivity index (χ3v) is 1.60. The number of rotatable bonds is 3. The van der Waals surface area contributed by atoms with E-state index in [1.54, 1.807) is 0 Å². The molecule has 0 heterocycles. The molecule has 1 N–H and O–H groups in total. The highest BCUT2D eigenvalue weighted by Crippen LogP contribution is 2.18. The van der Waals surface area contributed by atoms with Crippen molar-refractivity contribution >= 4 is 16.8 Å². The number of hydrogen-bond acceptors (Lipinski definition) is 3. The molecule has 0 saturated carbocycles. The molecule has 0 radical (unpaired) electrons. The van der Waals surface area contributed by atoms with Gasteiger partial charge in [-0.15, -0.1) is 0 Å². The largest absolute Gasteiger partial charge is 0.465 e. The zero-order valence-electron chi connectivity index (χ0n) is 6.46. The Morgan fingerprint density at radius 3 is 2.77 bits per heavy atom. The Morgan fingerprint density at radius 1 is 1.62 bits per heavy atom. The molecule has 0 aliphatic heterocycles. The monoisotopic (exact) mass is 204 g/mol. The summed E-state index contributed by atoms with van der Waals surface area (Å²) in [7, 11) is 0. The Labute approximate surface area is 78.7 Å². The lowest BCUT2D eigenvalue weighted by atomic mass is 10.2. The summed E-state index contributed by atoms with van der Waals surface area (Å²) in [6.07, 6.45) is 0. The van der Waals surface area contributed by atoms with Gasteiger partial charge in [0, 0.05) is 5.56 Å². The molecule has 0 spiro atoms. The Kier molecular flexibility index (Phi) is 3.22. The van der Waals surface area contributed by atoms with Crippen LogP contribution in [-0.2, 0) is 0 Å². The van der Waals surface area contributed by atoms with Gasteiger partial charge >= 0.3 is 0 Å². The molecule has 0 aliphatic carbocycles. The molecule has 1 aromatic carbocycles. The number of carbonyl (C=O) groups excluding carboxylic acids is 1. The van der Waals surface area contributed by atoms with Gasteiger partial charge in [-0.05, 0) is 29.8 Å². The average molecular weight is 205 g/mol. The maximum atomic E-state index is 13.0. The first-order chi connectivity index (χ1) is 6.15. The van der Waals surface area contributed by atoms with Gasteiger partial charge in [0.2, 0.25) is 0 Å². The molecule has 0 unspecified atom stereocenters. The first-order valence-corrected chi connectivity index (χ1v) is 3.76. The van der Waals surface area contributed by atoms with E-state index in [0.29, 0.717) is 0 Å². The molecule has 0 aromatic heterocycles. The lowest BCUT2D eigenvalue weighted by molar-refractivity contribution is 0.0944. The zero-order valence-corrected chi connectivity index (χ0v) is 7.21. The minimum Gasteiger partial charge on any atom is -0.465 e. The lowest BCUT2D eigenvalue weighted by Crippen LogP contribution is -1.98. The molecule has 0 saturated heterocycles. The molecule has 0 aliphatic rings. The number of benzene rings is 1. The molecule has 0 fully saturated rings. The summed E-state index contributed by atoms with van der Waals surface area (Å²) in [5.74, 6) is -0.857. The van der Waals surface area contributed by atoms with E-state index in [4.69, 9.17) is 16.7 Å². The SMILES string of the molecule is O=C(Cl)c1ccc(OCO)c(F)c1. The van der Waals surface area contributed by atoms with Crippen LogP contribution in [0.3, 0.4) is 0 Å². The van der Waals surface area contributed by atoms with Crippen LogP contribution < -0.4 is 4.74 Å². The highest BCUT2D eigenvalue weighted by atomic mass is 35.5. The molecule has 0 amide bonds. The number of carbonyl (C=O) groups is 1. The predicted molar refractivity (Wildman–Crippen MR) is 44.3 cm³/mol. The van der Waals surface area contributed by atoms with Crippen LogP contribution in [0.4, 0.5) is 4.39 Å². The first kappa shape index (κ1) is 9.95. The molecule has 1 rings (SSSR count). The van der Waals surface area contributed by atoms with E-state index < -0.39 is 17.9 Å². The Bertz CT molecular complexity index is 327. The van der Waals surface area contributed by atoms with Crippen molar-refractivity contribution in [2.24, 2.45) is 0 Å². The van der Waals surface area contributed by atoms with Gasteiger partial charge in [0.05, 0.1) is 0 Å². The fourth-order valence-corrected chi connectivity index (χ4v) is 0.927. The number of aliphatic hydroxyl groups excluding tert-OH is 1. The van der Waals surface area contributed by atoms with Crippen LogP contribution in [0.15, 0.2) is 18.2 Å². The van der Waals surface area contributed by atoms with E-state index in [1.807, 2.05) is 0 Å². The Balaban J connectivity index is 2.98. The third kappa shape index (κ3) is 2.40. The molecule has 13 heavy (non-hydrogen) atoms. The van der Waals surface area contributed by atoms with Crippen molar-refractivity contribution in [3.63, 3.8) is 0 Å². The number of halogens is 2. The van der Waals surface area contributed by atoms with Crippen molar-refractivity contribution in [1.82, 2.24) is 0 Å². The van der Waals surface area contributed by atoms with Crippen LogP contribution in [0, 0.1) is 5.82 Å². The second-order valence-corrected chi connectivity index (χ2v) is 2.54. The number of hydrogen-bond donors (Lipinski definition) is 1. The summed E-state index contributed by atoms with van der Waals surface area (Å²) in [5.41, 5.74) is 0.0458. The fraction of sp³-hybridized carbons (Fsp3) is 0.125. The summed E-state index contributed by atoms with van der Waals surface area (Å²) in [4.78, 5) is 10.6. The number of ether oxygens (including phenoxy) is 1. The quantitative estimate of drug-likeness (QED) is 0.600. The van der Waals surface area contributed by atoms with Gasteiger partial charge in [0.1, 0.15) is 0 Å². The van der Waals surface area contributed by atoms with Crippen molar-refractivity contribution in [3.05, 3.63) is 29.6 Å². The van der Waals surface area contributed by atoms with Crippen LogP contribution in [0.5, 0.6) is 5.75 Å². The summed E-state index contributed by atoms with van der Waals surface area (Å²) in [5, 5.41) is 7.60. The third-order valence-electron chi connectivity index (χ3n) is 1.38. The standard InChI is InChI=1S/C8H6ClFO3/c9-8(12)5-1-2-7(13-4-11)6(10)3-5/h1-3,11H,4H2. The van der Waals surface area contributed by atoms with Crippen LogP contribution in [0.25, 0.3) is 0 Å². The number of aliphatic hydroxyl groups is 1. The highest BCUT2D eigenvalue weighted by molar-refractivity contribution is 6.67. The van der Waals surface area contributed by atoms with Gasteiger partial charge in [0.15, 0.2) is 18.4 Å². The summed E-state index contributed by atoms with van der Waals surface area (Å²) >= 11 is 5.11. The minimum absolute atomic E-state index is 0.0458. The van der Waals surface area contributed by atoms with Crippen LogP contribution in [-0.4, -0.2) is 17.1 Å². The molecule has 70 valence electrons. The van der Waals surface area contributed by atoms with E-state index in [1.165, 1.54) is 12.1 Å². The van der Waals surface area contributed by atoms with Gasteiger partial charge in [0.25, 0.3) is 5.24 Å². The molecule has 3 nitrogen and oxygen atoms in total. The second kappa shape index (κ2) is 4.20.